The van der Waals surface area contributed by atoms with Crippen LogP contribution >= 0.6 is 0 Å². The van der Waals surface area contributed by atoms with Gasteiger partial charge in [0, 0.05) is 11.6 Å². The number of carbonyl (C=O) groups is 1. The predicted molar refractivity (Wildman–Crippen MR) is 66.9 cm³/mol. The molecular formula is C13H14N2O4. The molecule has 1 aromatic carbocycles. The lowest BCUT2D eigenvalue weighted by Gasteiger charge is -2.10. The van der Waals surface area contributed by atoms with Crippen molar-refractivity contribution < 1.29 is 19.4 Å². The molecule has 2 rings (SSSR count). The molecule has 1 atom stereocenters. The number of hydrogen-bond donors (Lipinski definition) is 3. The maximum atomic E-state index is 11.9. The second-order valence-corrected chi connectivity index (χ2v) is 4.24. The number of phenolic OH excluding ortho intramolecular Hbond substituents is 2. The van der Waals surface area contributed by atoms with Crippen molar-refractivity contribution in [2.45, 2.75) is 19.9 Å². The Hall–Kier alpha value is -2.50. The second kappa shape index (κ2) is 5.01. The molecule has 0 aliphatic heterocycles. The third kappa shape index (κ3) is 3.04. The van der Waals surface area contributed by atoms with Crippen LogP contribution in [0.1, 0.15) is 35.0 Å². The first-order chi connectivity index (χ1) is 8.95. The molecule has 6 heteroatoms. The van der Waals surface area contributed by atoms with Gasteiger partial charge in [-0.3, -0.25) is 4.79 Å². The smallest absolute Gasteiger partial charge is 0.252 e. The standard InChI is InChI=1S/C13H14N2O4/c1-7-6-14-13(19-7)8(2)15-12(18)9-3-10(16)5-11(17)4-9/h3-6,8,16-17H,1-2H3,(H,15,18). The summed E-state index contributed by atoms with van der Waals surface area (Å²) in [6.07, 6.45) is 1.57. The summed E-state index contributed by atoms with van der Waals surface area (Å²) in [5.41, 5.74) is 0.160. The van der Waals surface area contributed by atoms with E-state index in [1.807, 2.05) is 0 Å². The van der Waals surface area contributed by atoms with Crippen molar-refractivity contribution >= 4 is 5.91 Å². The van der Waals surface area contributed by atoms with E-state index in [9.17, 15) is 15.0 Å². The van der Waals surface area contributed by atoms with Gasteiger partial charge in [-0.1, -0.05) is 0 Å². The van der Waals surface area contributed by atoms with Crippen molar-refractivity contribution in [3.8, 4) is 11.5 Å². The molecule has 0 aliphatic carbocycles. The number of hydrogen-bond acceptors (Lipinski definition) is 5. The zero-order valence-corrected chi connectivity index (χ0v) is 10.5. The largest absolute Gasteiger partial charge is 0.508 e. The lowest BCUT2D eigenvalue weighted by atomic mass is 10.1. The molecule has 1 heterocycles. The van der Waals surface area contributed by atoms with Crippen LogP contribution in [0.5, 0.6) is 11.5 Å². The van der Waals surface area contributed by atoms with E-state index in [0.717, 1.165) is 6.07 Å². The van der Waals surface area contributed by atoms with Gasteiger partial charge in [-0.05, 0) is 26.0 Å². The number of oxazole rings is 1. The predicted octanol–water partition coefficient (Wildman–Crippen LogP) is 1.89. The van der Waals surface area contributed by atoms with Gasteiger partial charge in [0.25, 0.3) is 5.91 Å². The topological polar surface area (TPSA) is 95.6 Å². The van der Waals surface area contributed by atoms with Gasteiger partial charge in [0.05, 0.1) is 6.20 Å². The van der Waals surface area contributed by atoms with E-state index < -0.39 is 11.9 Å². The van der Waals surface area contributed by atoms with Crippen LogP contribution in [0.4, 0.5) is 0 Å². The number of amides is 1. The van der Waals surface area contributed by atoms with Gasteiger partial charge in [0.15, 0.2) is 0 Å². The van der Waals surface area contributed by atoms with Crippen LogP contribution in [0.15, 0.2) is 28.8 Å². The number of aromatic nitrogens is 1. The van der Waals surface area contributed by atoms with Crippen LogP contribution in [0.3, 0.4) is 0 Å². The molecule has 0 saturated carbocycles. The monoisotopic (exact) mass is 262 g/mol. The number of carbonyl (C=O) groups excluding carboxylic acids is 1. The minimum Gasteiger partial charge on any atom is -0.508 e. The Kier molecular flexibility index (Phi) is 3.41. The van der Waals surface area contributed by atoms with Crippen LogP contribution in [0.2, 0.25) is 0 Å². The Balaban J connectivity index is 2.12. The normalized spacial score (nSPS) is 12.1. The van der Waals surface area contributed by atoms with Gasteiger partial charge >= 0.3 is 0 Å². The second-order valence-electron chi connectivity index (χ2n) is 4.24. The Labute approximate surface area is 109 Å². The summed E-state index contributed by atoms with van der Waals surface area (Å²) < 4.78 is 5.30. The number of rotatable bonds is 3. The van der Waals surface area contributed by atoms with E-state index in [-0.39, 0.29) is 17.1 Å². The van der Waals surface area contributed by atoms with Crippen molar-refractivity contribution in [2.75, 3.05) is 0 Å². The molecule has 0 fully saturated rings. The summed E-state index contributed by atoms with van der Waals surface area (Å²) in [7, 11) is 0. The molecule has 1 aromatic heterocycles. The fraction of sp³-hybridized carbons (Fsp3) is 0.231. The summed E-state index contributed by atoms with van der Waals surface area (Å²) in [5, 5.41) is 21.3. The fourth-order valence-corrected chi connectivity index (χ4v) is 1.64. The van der Waals surface area contributed by atoms with E-state index in [2.05, 4.69) is 10.3 Å². The quantitative estimate of drug-likeness (QED) is 0.785. The van der Waals surface area contributed by atoms with Gasteiger partial charge in [-0.25, -0.2) is 4.98 Å². The molecule has 0 spiro atoms. The van der Waals surface area contributed by atoms with E-state index in [1.54, 1.807) is 20.0 Å². The molecule has 2 aromatic rings. The third-order valence-electron chi connectivity index (χ3n) is 2.52. The lowest BCUT2D eigenvalue weighted by molar-refractivity contribution is 0.0933. The number of nitrogens with one attached hydrogen (secondary N) is 1. The van der Waals surface area contributed by atoms with Crippen LogP contribution in [0, 0.1) is 6.92 Å². The molecule has 19 heavy (non-hydrogen) atoms. The fourth-order valence-electron chi connectivity index (χ4n) is 1.64. The van der Waals surface area contributed by atoms with E-state index >= 15 is 0 Å². The van der Waals surface area contributed by atoms with Crippen LogP contribution in [-0.2, 0) is 0 Å². The van der Waals surface area contributed by atoms with E-state index in [0.29, 0.717) is 11.7 Å². The Morgan fingerprint density at radius 1 is 1.32 bits per heavy atom. The molecule has 0 saturated heterocycles. The van der Waals surface area contributed by atoms with Crippen molar-refractivity contribution in [3.63, 3.8) is 0 Å². The molecule has 0 aliphatic rings. The van der Waals surface area contributed by atoms with Gasteiger partial charge in [-0.2, -0.15) is 0 Å². The Morgan fingerprint density at radius 3 is 2.47 bits per heavy atom. The van der Waals surface area contributed by atoms with Crippen molar-refractivity contribution in [3.05, 3.63) is 41.6 Å². The number of nitrogens with zero attached hydrogens (tertiary/aromatic N) is 1. The summed E-state index contributed by atoms with van der Waals surface area (Å²) in [4.78, 5) is 16.0. The molecule has 3 N–H and O–H groups in total. The maximum absolute atomic E-state index is 11.9. The summed E-state index contributed by atoms with van der Waals surface area (Å²) in [6.45, 7) is 3.49. The maximum Gasteiger partial charge on any atom is 0.252 e. The molecular weight excluding hydrogens is 248 g/mol. The van der Waals surface area contributed by atoms with Crippen LogP contribution < -0.4 is 5.32 Å². The zero-order valence-electron chi connectivity index (χ0n) is 10.5. The van der Waals surface area contributed by atoms with Crippen LogP contribution in [0.25, 0.3) is 0 Å². The minimum atomic E-state index is -0.436. The van der Waals surface area contributed by atoms with Crippen LogP contribution in [-0.4, -0.2) is 21.1 Å². The average molecular weight is 262 g/mol. The highest BCUT2D eigenvalue weighted by atomic mass is 16.4. The zero-order chi connectivity index (χ0) is 14.0. The summed E-state index contributed by atoms with van der Waals surface area (Å²) in [6, 6.07) is 3.27. The molecule has 6 nitrogen and oxygen atoms in total. The summed E-state index contributed by atoms with van der Waals surface area (Å²) in [5.74, 6) is 0.269. The molecule has 1 unspecified atom stereocenters. The van der Waals surface area contributed by atoms with E-state index in [4.69, 9.17) is 4.42 Å². The number of aromatic hydroxyl groups is 2. The van der Waals surface area contributed by atoms with E-state index in [1.165, 1.54) is 12.1 Å². The highest BCUT2D eigenvalue weighted by molar-refractivity contribution is 5.95. The minimum absolute atomic E-state index is 0.160. The van der Waals surface area contributed by atoms with Gasteiger partial charge in [0.2, 0.25) is 5.89 Å². The number of benzene rings is 1. The first-order valence-corrected chi connectivity index (χ1v) is 5.72. The highest BCUT2D eigenvalue weighted by Crippen LogP contribution is 2.21. The molecule has 0 radical (unpaired) electrons. The molecule has 100 valence electrons. The van der Waals surface area contributed by atoms with Crippen molar-refractivity contribution in [1.82, 2.24) is 10.3 Å². The Bertz CT molecular complexity index is 586. The number of phenols is 2. The Morgan fingerprint density at radius 2 is 1.95 bits per heavy atom. The average Bonchev–Trinajstić information content (AvgIpc) is 2.74. The van der Waals surface area contributed by atoms with Gasteiger partial charge in [-0.15, -0.1) is 0 Å². The third-order valence-corrected chi connectivity index (χ3v) is 2.52. The van der Waals surface area contributed by atoms with Gasteiger partial charge in [0.1, 0.15) is 23.3 Å². The molecule has 0 bridgehead atoms. The van der Waals surface area contributed by atoms with Gasteiger partial charge < -0.3 is 19.9 Å². The molecule has 1 amide bonds. The lowest BCUT2D eigenvalue weighted by Crippen LogP contribution is -2.26. The van der Waals surface area contributed by atoms with Crippen molar-refractivity contribution in [2.24, 2.45) is 0 Å². The first-order valence-electron chi connectivity index (χ1n) is 5.72. The van der Waals surface area contributed by atoms with Crippen molar-refractivity contribution in [1.29, 1.82) is 0 Å². The highest BCUT2D eigenvalue weighted by Gasteiger charge is 2.16. The summed E-state index contributed by atoms with van der Waals surface area (Å²) >= 11 is 0. The SMILES string of the molecule is Cc1cnc(C(C)NC(=O)c2cc(O)cc(O)c2)o1. The first kappa shape index (κ1) is 12.9. The number of aryl methyl sites for hydroxylation is 1.